The van der Waals surface area contributed by atoms with Crippen molar-refractivity contribution < 1.29 is 9.53 Å². The molecule has 20 heavy (non-hydrogen) atoms. The van der Waals surface area contributed by atoms with Crippen molar-refractivity contribution in [3.8, 4) is 0 Å². The van der Waals surface area contributed by atoms with Gasteiger partial charge in [0, 0.05) is 11.5 Å². The summed E-state index contributed by atoms with van der Waals surface area (Å²) in [5.74, 6) is 0.349. The monoisotopic (exact) mass is 268 g/mol. The van der Waals surface area contributed by atoms with Gasteiger partial charge in [-0.15, -0.1) is 0 Å². The highest BCUT2D eigenvalue weighted by atomic mass is 16.5. The zero-order valence-corrected chi connectivity index (χ0v) is 12.0. The van der Waals surface area contributed by atoms with Crippen molar-refractivity contribution in [1.29, 1.82) is 0 Å². The van der Waals surface area contributed by atoms with Gasteiger partial charge in [-0.25, -0.2) is 4.79 Å². The second kappa shape index (κ2) is 6.90. The maximum atomic E-state index is 11.7. The van der Waals surface area contributed by atoms with Crippen LogP contribution in [0.15, 0.2) is 60.2 Å². The molecule has 2 heteroatoms. The van der Waals surface area contributed by atoms with E-state index in [-0.39, 0.29) is 11.9 Å². The van der Waals surface area contributed by atoms with Crippen LogP contribution in [0.5, 0.6) is 0 Å². The third-order valence-electron chi connectivity index (χ3n) is 3.54. The molecule has 0 N–H and O–H groups in total. The topological polar surface area (TPSA) is 26.3 Å². The second-order valence-electron chi connectivity index (χ2n) is 5.02. The van der Waals surface area contributed by atoms with Gasteiger partial charge in [-0.1, -0.05) is 67.6 Å². The summed E-state index contributed by atoms with van der Waals surface area (Å²) < 4.78 is 4.83. The van der Waals surface area contributed by atoms with E-state index in [1.54, 1.807) is 0 Å². The summed E-state index contributed by atoms with van der Waals surface area (Å²) in [7, 11) is 1.43. The molecule has 2 atom stereocenters. The molecule has 0 amide bonds. The van der Waals surface area contributed by atoms with Crippen molar-refractivity contribution in [3.63, 3.8) is 0 Å². The SMILES string of the molecule is COC(=O)C1=C[C@@H](/C=C/c2ccccc2)[C@@H](C)C=CC1. The molecule has 1 aromatic rings. The molecular weight excluding hydrogens is 248 g/mol. The minimum absolute atomic E-state index is 0.211. The molecule has 1 aromatic carbocycles. The number of rotatable bonds is 3. The number of allylic oxidation sites excluding steroid dienone is 4. The van der Waals surface area contributed by atoms with Gasteiger partial charge in [0.1, 0.15) is 0 Å². The summed E-state index contributed by atoms with van der Waals surface area (Å²) in [6, 6.07) is 10.2. The number of carbonyl (C=O) groups excluding carboxylic acids is 1. The molecule has 0 radical (unpaired) electrons. The lowest BCUT2D eigenvalue weighted by Crippen LogP contribution is -2.08. The fraction of sp³-hybridized carbons (Fsp3) is 0.278. The summed E-state index contributed by atoms with van der Waals surface area (Å²) in [5, 5.41) is 0. The quantitative estimate of drug-likeness (QED) is 0.611. The van der Waals surface area contributed by atoms with E-state index in [4.69, 9.17) is 4.74 Å². The van der Waals surface area contributed by atoms with Crippen molar-refractivity contribution >= 4 is 12.0 Å². The summed E-state index contributed by atoms with van der Waals surface area (Å²) in [6.07, 6.45) is 11.1. The standard InChI is InChI=1S/C18H20O2/c1-14-7-6-10-17(18(19)20-2)13-16(14)12-11-15-8-4-3-5-9-15/h3-9,11-14,16H,10H2,1-2H3/b12-11+/t14-,16+/m0/s1. The first-order valence-electron chi connectivity index (χ1n) is 6.89. The zero-order chi connectivity index (χ0) is 14.4. The van der Waals surface area contributed by atoms with Crippen LogP contribution in [-0.2, 0) is 9.53 Å². The molecule has 1 aliphatic rings. The first-order chi connectivity index (χ1) is 9.70. The Labute approximate surface area is 120 Å². The van der Waals surface area contributed by atoms with Crippen LogP contribution < -0.4 is 0 Å². The first kappa shape index (κ1) is 14.3. The van der Waals surface area contributed by atoms with Crippen LogP contribution in [0.2, 0.25) is 0 Å². The molecule has 0 saturated heterocycles. The number of ether oxygens (including phenoxy) is 1. The summed E-state index contributed by atoms with van der Waals surface area (Å²) >= 11 is 0. The molecule has 0 spiro atoms. The Balaban J connectivity index is 2.21. The Morgan fingerprint density at radius 2 is 2.05 bits per heavy atom. The maximum absolute atomic E-state index is 11.7. The Morgan fingerprint density at radius 3 is 2.75 bits per heavy atom. The molecule has 0 heterocycles. The van der Waals surface area contributed by atoms with Crippen molar-refractivity contribution in [2.75, 3.05) is 7.11 Å². The Hall–Kier alpha value is -2.09. The van der Waals surface area contributed by atoms with Gasteiger partial charge in [-0.2, -0.15) is 0 Å². The van der Waals surface area contributed by atoms with Gasteiger partial charge in [0.2, 0.25) is 0 Å². The zero-order valence-electron chi connectivity index (χ0n) is 12.0. The average Bonchev–Trinajstić information content (AvgIpc) is 2.67. The molecule has 0 aromatic heterocycles. The van der Waals surface area contributed by atoms with Crippen molar-refractivity contribution in [2.24, 2.45) is 11.8 Å². The van der Waals surface area contributed by atoms with Crippen LogP contribution in [0.4, 0.5) is 0 Å². The van der Waals surface area contributed by atoms with Gasteiger partial charge in [0.25, 0.3) is 0 Å². The van der Waals surface area contributed by atoms with Crippen molar-refractivity contribution in [3.05, 3.63) is 65.8 Å². The van der Waals surface area contributed by atoms with E-state index in [1.165, 1.54) is 12.7 Å². The minimum atomic E-state index is -0.234. The van der Waals surface area contributed by atoms with E-state index in [1.807, 2.05) is 30.4 Å². The number of esters is 1. The van der Waals surface area contributed by atoms with Crippen LogP contribution in [-0.4, -0.2) is 13.1 Å². The fourth-order valence-corrected chi connectivity index (χ4v) is 2.29. The summed E-state index contributed by atoms with van der Waals surface area (Å²) in [6.45, 7) is 2.16. The smallest absolute Gasteiger partial charge is 0.333 e. The van der Waals surface area contributed by atoms with Crippen LogP contribution in [0.1, 0.15) is 18.9 Å². The number of hydrogen-bond acceptors (Lipinski definition) is 2. The van der Waals surface area contributed by atoms with E-state index in [2.05, 4.69) is 37.3 Å². The third-order valence-corrected chi connectivity index (χ3v) is 3.54. The minimum Gasteiger partial charge on any atom is -0.466 e. The highest BCUT2D eigenvalue weighted by Crippen LogP contribution is 2.25. The molecule has 0 unspecified atom stereocenters. The van der Waals surface area contributed by atoms with Gasteiger partial charge in [-0.3, -0.25) is 0 Å². The molecule has 0 aliphatic heterocycles. The molecule has 2 rings (SSSR count). The van der Waals surface area contributed by atoms with E-state index in [9.17, 15) is 4.79 Å². The van der Waals surface area contributed by atoms with E-state index in [0.29, 0.717) is 12.3 Å². The summed E-state index contributed by atoms with van der Waals surface area (Å²) in [5.41, 5.74) is 1.90. The fourth-order valence-electron chi connectivity index (χ4n) is 2.29. The lowest BCUT2D eigenvalue weighted by molar-refractivity contribution is -0.136. The maximum Gasteiger partial charge on any atom is 0.333 e. The molecule has 0 saturated carbocycles. The predicted octanol–water partition coefficient (Wildman–Crippen LogP) is 4.01. The van der Waals surface area contributed by atoms with Gasteiger partial charge in [0.05, 0.1) is 7.11 Å². The lowest BCUT2D eigenvalue weighted by Gasteiger charge is -2.13. The largest absolute Gasteiger partial charge is 0.466 e. The Kier molecular flexibility index (Phi) is 4.94. The van der Waals surface area contributed by atoms with E-state index < -0.39 is 0 Å². The molecule has 1 aliphatic carbocycles. The molecular formula is C18H20O2. The van der Waals surface area contributed by atoms with Crippen molar-refractivity contribution in [1.82, 2.24) is 0 Å². The molecule has 0 fully saturated rings. The number of carbonyl (C=O) groups is 1. The van der Waals surface area contributed by atoms with Crippen LogP contribution in [0, 0.1) is 11.8 Å². The van der Waals surface area contributed by atoms with Gasteiger partial charge < -0.3 is 4.74 Å². The second-order valence-corrected chi connectivity index (χ2v) is 5.02. The van der Waals surface area contributed by atoms with E-state index in [0.717, 1.165) is 5.57 Å². The van der Waals surface area contributed by atoms with Gasteiger partial charge in [0.15, 0.2) is 0 Å². The van der Waals surface area contributed by atoms with Crippen LogP contribution in [0.25, 0.3) is 6.08 Å². The lowest BCUT2D eigenvalue weighted by atomic mass is 9.92. The first-order valence-corrected chi connectivity index (χ1v) is 6.89. The predicted molar refractivity (Wildman–Crippen MR) is 82.0 cm³/mol. The van der Waals surface area contributed by atoms with Crippen LogP contribution in [0.3, 0.4) is 0 Å². The van der Waals surface area contributed by atoms with Gasteiger partial charge >= 0.3 is 5.97 Å². The van der Waals surface area contributed by atoms with Crippen molar-refractivity contribution in [2.45, 2.75) is 13.3 Å². The summed E-state index contributed by atoms with van der Waals surface area (Å²) in [4.78, 5) is 11.7. The van der Waals surface area contributed by atoms with Gasteiger partial charge in [-0.05, 0) is 17.9 Å². The molecule has 2 nitrogen and oxygen atoms in total. The number of methoxy groups -OCH3 is 1. The molecule has 104 valence electrons. The normalized spacial score (nSPS) is 22.4. The van der Waals surface area contributed by atoms with E-state index >= 15 is 0 Å². The number of hydrogen-bond donors (Lipinski definition) is 0. The average molecular weight is 268 g/mol. The highest BCUT2D eigenvalue weighted by Gasteiger charge is 2.17. The Bertz CT molecular complexity index is 538. The number of benzene rings is 1. The van der Waals surface area contributed by atoms with Crippen LogP contribution >= 0.6 is 0 Å². The Morgan fingerprint density at radius 1 is 1.30 bits per heavy atom. The third kappa shape index (κ3) is 3.70. The molecule has 0 bridgehead atoms. The highest BCUT2D eigenvalue weighted by molar-refractivity contribution is 5.88.